The molecule has 0 amide bonds. The van der Waals surface area contributed by atoms with Crippen LogP contribution in [0.4, 0.5) is 5.69 Å². The number of halogens is 1. The Morgan fingerprint density at radius 3 is 2.80 bits per heavy atom. The zero-order valence-corrected chi connectivity index (χ0v) is 14.2. The van der Waals surface area contributed by atoms with Gasteiger partial charge in [0.1, 0.15) is 0 Å². The summed E-state index contributed by atoms with van der Waals surface area (Å²) in [6.07, 6.45) is 0.782. The Kier molecular flexibility index (Phi) is 4.76. The molecule has 1 fully saturated rings. The van der Waals surface area contributed by atoms with Crippen molar-refractivity contribution in [3.05, 3.63) is 28.2 Å². The molecule has 1 aliphatic rings. The van der Waals surface area contributed by atoms with Crippen molar-refractivity contribution in [2.45, 2.75) is 32.4 Å². The molecule has 0 aliphatic carbocycles. The normalized spacial score (nSPS) is 23.6. The molecule has 1 saturated heterocycles. The second kappa shape index (κ2) is 6.03. The molecule has 112 valence electrons. The van der Waals surface area contributed by atoms with Gasteiger partial charge in [-0.2, -0.15) is 0 Å². The fourth-order valence-electron chi connectivity index (χ4n) is 2.70. The van der Waals surface area contributed by atoms with Crippen LogP contribution in [0.25, 0.3) is 0 Å². The molecule has 20 heavy (non-hydrogen) atoms. The fourth-order valence-corrected chi connectivity index (χ4v) is 4.67. The predicted octanol–water partition coefficient (Wildman–Crippen LogP) is 1.96. The number of nitrogens with zero attached hydrogens (tertiary/aromatic N) is 1. The molecule has 1 aliphatic heterocycles. The van der Waals surface area contributed by atoms with Crippen LogP contribution in [-0.4, -0.2) is 38.6 Å². The molecule has 1 heterocycles. The van der Waals surface area contributed by atoms with Crippen LogP contribution in [0.3, 0.4) is 0 Å². The van der Waals surface area contributed by atoms with Crippen molar-refractivity contribution in [2.75, 3.05) is 23.0 Å². The molecular weight excluding hydrogens is 340 g/mol. The first-order valence-electron chi connectivity index (χ1n) is 6.79. The van der Waals surface area contributed by atoms with Crippen LogP contribution in [0.1, 0.15) is 19.4 Å². The monoisotopic (exact) mass is 360 g/mol. The quantitative estimate of drug-likeness (QED) is 0.894. The van der Waals surface area contributed by atoms with Crippen LogP contribution in [0.2, 0.25) is 0 Å². The lowest BCUT2D eigenvalue weighted by Crippen LogP contribution is -2.47. The third-order valence-corrected chi connectivity index (χ3v) is 5.85. The van der Waals surface area contributed by atoms with E-state index in [4.69, 9.17) is 5.73 Å². The van der Waals surface area contributed by atoms with E-state index >= 15 is 0 Å². The van der Waals surface area contributed by atoms with E-state index in [1.165, 1.54) is 5.56 Å². The standard InChI is InChI=1S/C14H21BrN2O2S/c1-10(16)7-12-8-13(15)3-4-14(12)17-5-6-20(18,19)9-11(17)2/h3-4,8,10-11H,5-7,9,16H2,1-2H3. The maximum Gasteiger partial charge on any atom is 0.154 e. The molecule has 1 aromatic rings. The summed E-state index contributed by atoms with van der Waals surface area (Å²) in [7, 11) is -2.89. The average molecular weight is 361 g/mol. The topological polar surface area (TPSA) is 63.4 Å². The highest BCUT2D eigenvalue weighted by atomic mass is 79.9. The molecule has 1 aromatic carbocycles. The molecule has 0 bridgehead atoms. The Balaban J connectivity index is 2.32. The lowest BCUT2D eigenvalue weighted by molar-refractivity contribution is 0.567. The second-order valence-corrected chi connectivity index (χ2v) is 8.76. The van der Waals surface area contributed by atoms with Crippen LogP contribution < -0.4 is 10.6 Å². The summed E-state index contributed by atoms with van der Waals surface area (Å²) in [5, 5.41) is 0. The molecule has 2 atom stereocenters. The Hall–Kier alpha value is -0.590. The highest BCUT2D eigenvalue weighted by Gasteiger charge is 2.29. The average Bonchev–Trinajstić information content (AvgIpc) is 2.29. The summed E-state index contributed by atoms with van der Waals surface area (Å²) in [4.78, 5) is 2.19. The van der Waals surface area contributed by atoms with E-state index in [-0.39, 0.29) is 23.6 Å². The zero-order valence-electron chi connectivity index (χ0n) is 11.8. The maximum atomic E-state index is 11.7. The van der Waals surface area contributed by atoms with Crippen molar-refractivity contribution in [3.63, 3.8) is 0 Å². The molecule has 0 aromatic heterocycles. The van der Waals surface area contributed by atoms with Gasteiger partial charge in [-0.15, -0.1) is 0 Å². The molecule has 0 spiro atoms. The van der Waals surface area contributed by atoms with Crippen LogP contribution >= 0.6 is 15.9 Å². The third kappa shape index (κ3) is 3.74. The molecular formula is C14H21BrN2O2S. The number of hydrogen-bond acceptors (Lipinski definition) is 4. The van der Waals surface area contributed by atoms with Crippen LogP contribution in [0.15, 0.2) is 22.7 Å². The number of anilines is 1. The predicted molar refractivity (Wildman–Crippen MR) is 87.0 cm³/mol. The largest absolute Gasteiger partial charge is 0.367 e. The smallest absolute Gasteiger partial charge is 0.154 e. The minimum Gasteiger partial charge on any atom is -0.367 e. The molecule has 2 N–H and O–H groups in total. The minimum absolute atomic E-state index is 0.00163. The zero-order chi connectivity index (χ0) is 14.9. The Morgan fingerprint density at radius 1 is 1.50 bits per heavy atom. The van der Waals surface area contributed by atoms with Gasteiger partial charge in [-0.1, -0.05) is 15.9 Å². The van der Waals surface area contributed by atoms with Crippen molar-refractivity contribution < 1.29 is 8.42 Å². The van der Waals surface area contributed by atoms with Gasteiger partial charge in [0, 0.05) is 28.8 Å². The van der Waals surface area contributed by atoms with Gasteiger partial charge in [0.15, 0.2) is 9.84 Å². The number of hydrogen-bond donors (Lipinski definition) is 1. The lowest BCUT2D eigenvalue weighted by Gasteiger charge is -2.36. The van der Waals surface area contributed by atoms with Crippen molar-refractivity contribution >= 4 is 31.5 Å². The number of nitrogens with two attached hydrogens (primary N) is 1. The first-order valence-corrected chi connectivity index (χ1v) is 9.41. The van der Waals surface area contributed by atoms with Crippen molar-refractivity contribution in [1.82, 2.24) is 0 Å². The van der Waals surface area contributed by atoms with Crippen molar-refractivity contribution in [3.8, 4) is 0 Å². The van der Waals surface area contributed by atoms with Crippen molar-refractivity contribution in [2.24, 2.45) is 5.73 Å². The van der Waals surface area contributed by atoms with Gasteiger partial charge in [0.25, 0.3) is 0 Å². The molecule has 0 radical (unpaired) electrons. The van der Waals surface area contributed by atoms with Gasteiger partial charge in [-0.05, 0) is 44.0 Å². The minimum atomic E-state index is -2.89. The SMILES string of the molecule is CC(N)Cc1cc(Br)ccc1N1CCS(=O)(=O)CC1C. The summed E-state index contributed by atoms with van der Waals surface area (Å²) >= 11 is 3.49. The van der Waals surface area contributed by atoms with E-state index in [0.717, 1.165) is 16.6 Å². The van der Waals surface area contributed by atoms with Gasteiger partial charge in [0.05, 0.1) is 11.5 Å². The summed E-state index contributed by atoms with van der Waals surface area (Å²) in [6.45, 7) is 4.50. The summed E-state index contributed by atoms with van der Waals surface area (Å²) in [5.74, 6) is 0.450. The van der Waals surface area contributed by atoms with Gasteiger partial charge in [-0.25, -0.2) is 8.42 Å². The number of sulfone groups is 1. The van der Waals surface area contributed by atoms with Crippen LogP contribution in [0, 0.1) is 0 Å². The van der Waals surface area contributed by atoms with E-state index < -0.39 is 9.84 Å². The van der Waals surface area contributed by atoms with Crippen LogP contribution in [-0.2, 0) is 16.3 Å². The Labute approximate surface area is 129 Å². The Bertz CT molecular complexity index is 587. The molecule has 4 nitrogen and oxygen atoms in total. The van der Waals surface area contributed by atoms with Crippen molar-refractivity contribution in [1.29, 1.82) is 0 Å². The first kappa shape index (κ1) is 15.8. The van der Waals surface area contributed by atoms with E-state index in [9.17, 15) is 8.42 Å². The molecule has 2 rings (SSSR count). The number of benzene rings is 1. The first-order chi connectivity index (χ1) is 9.28. The summed E-state index contributed by atoms with van der Waals surface area (Å²) < 4.78 is 24.4. The summed E-state index contributed by atoms with van der Waals surface area (Å²) in [5.41, 5.74) is 8.19. The van der Waals surface area contributed by atoms with E-state index in [1.54, 1.807) is 0 Å². The number of rotatable bonds is 3. The van der Waals surface area contributed by atoms with Gasteiger partial charge < -0.3 is 10.6 Å². The highest BCUT2D eigenvalue weighted by molar-refractivity contribution is 9.10. The molecule has 2 unspecified atom stereocenters. The van der Waals surface area contributed by atoms with E-state index in [2.05, 4.69) is 33.0 Å². The van der Waals surface area contributed by atoms with E-state index in [1.807, 2.05) is 19.9 Å². The van der Waals surface area contributed by atoms with Crippen LogP contribution in [0.5, 0.6) is 0 Å². The van der Waals surface area contributed by atoms with Gasteiger partial charge in [-0.3, -0.25) is 0 Å². The lowest BCUT2D eigenvalue weighted by atomic mass is 10.0. The second-order valence-electron chi connectivity index (χ2n) is 5.61. The fraction of sp³-hybridized carbons (Fsp3) is 0.571. The summed E-state index contributed by atoms with van der Waals surface area (Å²) in [6, 6.07) is 6.20. The third-order valence-electron chi connectivity index (χ3n) is 3.56. The molecule has 0 saturated carbocycles. The highest BCUT2D eigenvalue weighted by Crippen LogP contribution is 2.29. The van der Waals surface area contributed by atoms with Gasteiger partial charge in [0.2, 0.25) is 0 Å². The maximum absolute atomic E-state index is 11.7. The Morgan fingerprint density at radius 2 is 2.20 bits per heavy atom. The molecule has 6 heteroatoms. The van der Waals surface area contributed by atoms with E-state index in [0.29, 0.717) is 6.54 Å². The van der Waals surface area contributed by atoms with Gasteiger partial charge >= 0.3 is 0 Å².